The second kappa shape index (κ2) is 4.03. The molecular formula is C7H6F2INO2. The van der Waals surface area contributed by atoms with Crippen LogP contribution in [0, 0.1) is 3.57 Å². The third-order valence-electron chi connectivity index (χ3n) is 1.42. The molecule has 1 N–H and O–H groups in total. The number of aromatic carboxylic acids is 1. The Bertz CT molecular complexity index is 324. The number of carboxylic acid groups (broad SMARTS) is 1. The predicted octanol–water partition coefficient (Wildman–Crippen LogP) is 2.06. The van der Waals surface area contributed by atoms with Crippen LogP contribution >= 0.6 is 22.6 Å². The van der Waals surface area contributed by atoms with Gasteiger partial charge in [-0.25, -0.2) is 13.6 Å². The molecule has 72 valence electrons. The Morgan fingerprint density at radius 2 is 2.31 bits per heavy atom. The van der Waals surface area contributed by atoms with Crippen LogP contribution in [0.2, 0.25) is 0 Å². The maximum Gasteiger partial charge on any atom is 0.352 e. The Hall–Kier alpha value is -0.660. The molecule has 0 aromatic carbocycles. The van der Waals surface area contributed by atoms with Gasteiger partial charge in [0, 0.05) is 9.77 Å². The summed E-state index contributed by atoms with van der Waals surface area (Å²) < 4.78 is 25.6. The van der Waals surface area contributed by atoms with E-state index in [0.717, 1.165) is 4.57 Å². The van der Waals surface area contributed by atoms with E-state index < -0.39 is 18.9 Å². The number of carboxylic acids is 1. The van der Waals surface area contributed by atoms with Crippen LogP contribution in [0.3, 0.4) is 0 Å². The molecule has 0 spiro atoms. The van der Waals surface area contributed by atoms with Crippen LogP contribution in [0.1, 0.15) is 10.5 Å². The van der Waals surface area contributed by atoms with Crippen LogP contribution in [0.25, 0.3) is 0 Å². The van der Waals surface area contributed by atoms with E-state index in [-0.39, 0.29) is 5.69 Å². The smallest absolute Gasteiger partial charge is 0.352 e. The van der Waals surface area contributed by atoms with Crippen LogP contribution in [-0.4, -0.2) is 22.1 Å². The lowest BCUT2D eigenvalue weighted by Crippen LogP contribution is -2.12. The van der Waals surface area contributed by atoms with E-state index in [1.807, 2.05) is 22.6 Å². The van der Waals surface area contributed by atoms with Gasteiger partial charge in [-0.2, -0.15) is 0 Å². The van der Waals surface area contributed by atoms with E-state index in [0.29, 0.717) is 3.57 Å². The Labute approximate surface area is 86.5 Å². The van der Waals surface area contributed by atoms with Crippen molar-refractivity contribution < 1.29 is 18.7 Å². The number of carbonyl (C=O) groups is 1. The quantitative estimate of drug-likeness (QED) is 0.868. The summed E-state index contributed by atoms with van der Waals surface area (Å²) >= 11 is 1.88. The van der Waals surface area contributed by atoms with Gasteiger partial charge in [0.25, 0.3) is 6.43 Å². The SMILES string of the molecule is O=C(O)c1cc(I)cn1CC(F)F. The molecule has 0 aliphatic rings. The minimum absolute atomic E-state index is 0.107. The van der Waals surface area contributed by atoms with Crippen molar-refractivity contribution in [1.29, 1.82) is 0 Å². The van der Waals surface area contributed by atoms with Gasteiger partial charge >= 0.3 is 5.97 Å². The Morgan fingerprint density at radius 3 is 2.77 bits per heavy atom. The Morgan fingerprint density at radius 1 is 1.69 bits per heavy atom. The number of hydrogen-bond acceptors (Lipinski definition) is 1. The summed E-state index contributed by atoms with van der Waals surface area (Å²) in [5.74, 6) is -1.19. The van der Waals surface area contributed by atoms with Crippen molar-refractivity contribution in [1.82, 2.24) is 4.57 Å². The van der Waals surface area contributed by atoms with Crippen molar-refractivity contribution in [2.24, 2.45) is 0 Å². The largest absolute Gasteiger partial charge is 0.477 e. The average molecular weight is 301 g/mol. The van der Waals surface area contributed by atoms with Crippen LogP contribution in [0.4, 0.5) is 8.78 Å². The first-order valence-electron chi connectivity index (χ1n) is 3.38. The summed E-state index contributed by atoms with van der Waals surface area (Å²) in [4.78, 5) is 10.5. The first kappa shape index (κ1) is 10.4. The van der Waals surface area contributed by atoms with Crippen molar-refractivity contribution in [2.45, 2.75) is 13.0 Å². The van der Waals surface area contributed by atoms with E-state index in [4.69, 9.17) is 5.11 Å². The van der Waals surface area contributed by atoms with Gasteiger partial charge in [0.1, 0.15) is 5.69 Å². The summed E-state index contributed by atoms with van der Waals surface area (Å²) in [5, 5.41) is 8.62. The van der Waals surface area contributed by atoms with Crippen molar-refractivity contribution >= 4 is 28.6 Å². The van der Waals surface area contributed by atoms with Gasteiger partial charge in [0.15, 0.2) is 0 Å². The number of aromatic nitrogens is 1. The molecule has 0 unspecified atom stereocenters. The molecule has 0 bridgehead atoms. The van der Waals surface area contributed by atoms with Gasteiger partial charge < -0.3 is 9.67 Å². The van der Waals surface area contributed by atoms with E-state index in [1.165, 1.54) is 12.3 Å². The number of rotatable bonds is 3. The normalized spacial score (nSPS) is 10.8. The number of halogens is 3. The highest BCUT2D eigenvalue weighted by Gasteiger charge is 2.14. The van der Waals surface area contributed by atoms with Gasteiger partial charge in [-0.05, 0) is 28.7 Å². The fourth-order valence-electron chi connectivity index (χ4n) is 0.954. The minimum Gasteiger partial charge on any atom is -0.477 e. The van der Waals surface area contributed by atoms with Gasteiger partial charge in [-0.1, -0.05) is 0 Å². The third-order valence-corrected chi connectivity index (χ3v) is 2.01. The lowest BCUT2D eigenvalue weighted by atomic mass is 10.4. The van der Waals surface area contributed by atoms with Crippen molar-refractivity contribution in [3.63, 3.8) is 0 Å². The molecule has 1 aromatic rings. The van der Waals surface area contributed by atoms with Gasteiger partial charge in [-0.15, -0.1) is 0 Å². The molecule has 0 atom stereocenters. The maximum absolute atomic E-state index is 12.0. The zero-order chi connectivity index (χ0) is 10.0. The summed E-state index contributed by atoms with van der Waals surface area (Å²) in [6.07, 6.45) is -1.16. The van der Waals surface area contributed by atoms with Crippen LogP contribution in [0.5, 0.6) is 0 Å². The molecule has 0 aliphatic heterocycles. The number of alkyl halides is 2. The Balaban J connectivity index is 2.97. The molecule has 0 saturated heterocycles. The van der Waals surface area contributed by atoms with Crippen molar-refractivity contribution in [3.8, 4) is 0 Å². The molecule has 13 heavy (non-hydrogen) atoms. The zero-order valence-corrected chi connectivity index (χ0v) is 8.53. The summed E-state index contributed by atoms with van der Waals surface area (Å²) in [5.41, 5.74) is -0.107. The highest BCUT2D eigenvalue weighted by Crippen LogP contribution is 2.13. The second-order valence-corrected chi connectivity index (χ2v) is 3.64. The highest BCUT2D eigenvalue weighted by atomic mass is 127. The molecule has 1 heterocycles. The first-order valence-corrected chi connectivity index (χ1v) is 4.45. The van der Waals surface area contributed by atoms with Gasteiger partial charge in [0.2, 0.25) is 0 Å². The fourth-order valence-corrected chi connectivity index (χ4v) is 1.58. The summed E-state index contributed by atoms with van der Waals surface area (Å²) in [6, 6.07) is 1.35. The third kappa shape index (κ3) is 2.64. The monoisotopic (exact) mass is 301 g/mol. The fraction of sp³-hybridized carbons (Fsp3) is 0.286. The number of hydrogen-bond donors (Lipinski definition) is 1. The lowest BCUT2D eigenvalue weighted by molar-refractivity contribution is 0.0676. The lowest BCUT2D eigenvalue weighted by Gasteiger charge is -2.03. The molecule has 6 heteroatoms. The van der Waals surface area contributed by atoms with Crippen molar-refractivity contribution in [3.05, 3.63) is 21.5 Å². The minimum atomic E-state index is -2.54. The molecule has 0 saturated carbocycles. The highest BCUT2D eigenvalue weighted by molar-refractivity contribution is 14.1. The van der Waals surface area contributed by atoms with Crippen LogP contribution < -0.4 is 0 Å². The zero-order valence-electron chi connectivity index (χ0n) is 6.38. The molecule has 0 aliphatic carbocycles. The van der Waals surface area contributed by atoms with E-state index in [9.17, 15) is 13.6 Å². The van der Waals surface area contributed by atoms with E-state index in [2.05, 4.69) is 0 Å². The second-order valence-electron chi connectivity index (χ2n) is 2.39. The standard InChI is InChI=1S/C7H6F2INO2/c8-6(9)3-11-2-4(10)1-5(11)7(12)13/h1-2,6H,3H2,(H,12,13). The molecule has 1 aromatic heterocycles. The van der Waals surface area contributed by atoms with Gasteiger partial charge in [-0.3, -0.25) is 0 Å². The van der Waals surface area contributed by atoms with Crippen LogP contribution in [-0.2, 0) is 6.54 Å². The predicted molar refractivity (Wildman–Crippen MR) is 50.1 cm³/mol. The molecule has 0 fully saturated rings. The number of nitrogens with zero attached hydrogens (tertiary/aromatic N) is 1. The average Bonchev–Trinajstić information content (AvgIpc) is 2.29. The van der Waals surface area contributed by atoms with Crippen molar-refractivity contribution in [2.75, 3.05) is 0 Å². The topological polar surface area (TPSA) is 42.2 Å². The molecule has 0 amide bonds. The van der Waals surface area contributed by atoms with Crippen LogP contribution in [0.15, 0.2) is 12.3 Å². The molecule has 3 nitrogen and oxygen atoms in total. The first-order chi connectivity index (χ1) is 6.00. The van der Waals surface area contributed by atoms with E-state index in [1.54, 1.807) is 0 Å². The van der Waals surface area contributed by atoms with Gasteiger partial charge in [0.05, 0.1) is 6.54 Å². The maximum atomic E-state index is 12.0. The molecule has 0 radical (unpaired) electrons. The molecule has 1 rings (SSSR count). The summed E-state index contributed by atoms with van der Waals surface area (Å²) in [6.45, 7) is -0.579. The summed E-state index contributed by atoms with van der Waals surface area (Å²) in [7, 11) is 0. The molecular weight excluding hydrogens is 295 g/mol. The Kier molecular flexibility index (Phi) is 3.23. The van der Waals surface area contributed by atoms with E-state index >= 15 is 0 Å².